The van der Waals surface area contributed by atoms with Crippen LogP contribution in [0.25, 0.3) is 0 Å². The molecular weight excluding hydrogens is 861 g/mol. The van der Waals surface area contributed by atoms with E-state index in [-0.39, 0.29) is 47.7 Å². The number of halogens is 2. The third-order valence-electron chi connectivity index (χ3n) is 16.3. The molecule has 5 saturated heterocycles. The molecule has 3 aromatic carbocycles. The van der Waals surface area contributed by atoms with Crippen LogP contribution >= 0.6 is 0 Å². The number of piperidine rings is 3. The van der Waals surface area contributed by atoms with Gasteiger partial charge in [-0.05, 0) is 112 Å². The van der Waals surface area contributed by atoms with Crippen molar-refractivity contribution in [3.63, 3.8) is 0 Å². The number of carbonyl (C=O) groups excluding carboxylic acids is 4. The fraction of sp³-hybridized carbons (Fsp3) is 0.569. The first-order valence-corrected chi connectivity index (χ1v) is 24.4. The smallest absolute Gasteiger partial charge is 0.255 e. The molecule has 0 unspecified atom stereocenters. The Labute approximate surface area is 391 Å². The minimum Gasteiger partial charge on any atom is -0.503 e. The number of nitrogens with zero attached hydrogens (tertiary/aromatic N) is 6. The molecule has 0 bridgehead atoms. The average Bonchev–Trinajstić information content (AvgIpc) is 3.67. The van der Waals surface area contributed by atoms with Crippen molar-refractivity contribution in [2.75, 3.05) is 94.4 Å². The molecule has 2 atom stereocenters. The number of fused-ring (bicyclic) bond motifs is 1. The van der Waals surface area contributed by atoms with E-state index >= 15 is 4.39 Å². The number of benzene rings is 3. The van der Waals surface area contributed by atoms with Crippen LogP contribution in [-0.4, -0.2) is 135 Å². The van der Waals surface area contributed by atoms with Crippen molar-refractivity contribution in [2.45, 2.75) is 88.9 Å². The summed E-state index contributed by atoms with van der Waals surface area (Å²) >= 11 is 0. The number of methoxy groups -OCH3 is 2. The minimum atomic E-state index is -0.847. The highest BCUT2D eigenvalue weighted by atomic mass is 19.1. The van der Waals surface area contributed by atoms with Crippen molar-refractivity contribution in [3.05, 3.63) is 76.9 Å². The van der Waals surface area contributed by atoms with Gasteiger partial charge in [0.1, 0.15) is 17.6 Å². The Balaban J connectivity index is 0.699. The highest BCUT2D eigenvalue weighted by Gasteiger charge is 2.63. The minimum absolute atomic E-state index is 0.0242. The van der Waals surface area contributed by atoms with Gasteiger partial charge in [-0.2, -0.15) is 0 Å². The zero-order valence-corrected chi connectivity index (χ0v) is 38.7. The van der Waals surface area contributed by atoms with E-state index in [0.29, 0.717) is 73.0 Å². The van der Waals surface area contributed by atoms with Crippen molar-refractivity contribution in [1.82, 2.24) is 20.0 Å². The van der Waals surface area contributed by atoms with Gasteiger partial charge in [0.05, 0.1) is 36.0 Å². The first-order valence-electron chi connectivity index (χ1n) is 24.4. The second kappa shape index (κ2) is 18.6. The summed E-state index contributed by atoms with van der Waals surface area (Å²) in [5.74, 6) is -1.22. The van der Waals surface area contributed by atoms with Gasteiger partial charge in [0.15, 0.2) is 11.6 Å². The van der Waals surface area contributed by atoms with E-state index in [1.165, 1.54) is 23.1 Å². The van der Waals surface area contributed by atoms with Crippen LogP contribution in [0.4, 0.5) is 25.8 Å². The molecule has 7 aliphatic rings. The van der Waals surface area contributed by atoms with Gasteiger partial charge in [-0.1, -0.05) is 6.07 Å². The lowest BCUT2D eigenvalue weighted by molar-refractivity contribution is -0.146. The molecule has 2 N–H and O–H groups in total. The number of anilines is 3. The maximum Gasteiger partial charge on any atom is 0.255 e. The lowest BCUT2D eigenvalue weighted by Gasteiger charge is -2.58. The molecule has 358 valence electrons. The van der Waals surface area contributed by atoms with Crippen LogP contribution in [0.3, 0.4) is 0 Å². The van der Waals surface area contributed by atoms with E-state index in [9.17, 15) is 28.7 Å². The molecule has 6 aliphatic heterocycles. The van der Waals surface area contributed by atoms with Gasteiger partial charge in [-0.15, -0.1) is 0 Å². The number of imide groups is 1. The first-order chi connectivity index (χ1) is 32.4. The number of ether oxygens (including phenoxy) is 2. The maximum atomic E-state index is 16.5. The molecule has 0 radical (unpaired) electrons. The highest BCUT2D eigenvalue weighted by molar-refractivity contribution is 6.08. The summed E-state index contributed by atoms with van der Waals surface area (Å²) < 4.78 is 42.6. The predicted octanol–water partition coefficient (Wildman–Crippen LogP) is 5.85. The van der Waals surface area contributed by atoms with Crippen LogP contribution < -0.4 is 24.8 Å². The number of phenolic OH excluding ortho intramolecular Hbond substituents is 1. The number of hydrogen-bond donors (Lipinski definition) is 2. The molecule has 6 heterocycles. The number of carbonyl (C=O) groups is 4. The first kappa shape index (κ1) is 45.5. The third-order valence-corrected chi connectivity index (χ3v) is 16.3. The Morgan fingerprint density at radius 1 is 0.746 bits per heavy atom. The number of piperazine rings is 1. The molecule has 1 aliphatic carbocycles. The van der Waals surface area contributed by atoms with Crippen LogP contribution in [0.2, 0.25) is 0 Å². The van der Waals surface area contributed by atoms with E-state index in [2.05, 4.69) is 31.0 Å². The molecule has 1 saturated carbocycles. The number of para-hydroxylation sites is 1. The summed E-state index contributed by atoms with van der Waals surface area (Å²) in [6.07, 6.45) is 7.14. The number of phenols is 1. The average molecular weight is 924 g/mol. The van der Waals surface area contributed by atoms with E-state index in [4.69, 9.17) is 9.47 Å². The largest absolute Gasteiger partial charge is 0.503 e. The van der Waals surface area contributed by atoms with E-state index in [0.717, 1.165) is 108 Å². The number of β-lactam (4-membered cyclic amide) rings is 1. The summed E-state index contributed by atoms with van der Waals surface area (Å²) in [5.41, 5.74) is 2.91. The Kier molecular flexibility index (Phi) is 12.6. The number of nitrogens with one attached hydrogen (secondary N) is 1. The van der Waals surface area contributed by atoms with E-state index in [1.807, 2.05) is 12.1 Å². The summed E-state index contributed by atoms with van der Waals surface area (Å²) in [7, 11) is 3.22. The summed E-state index contributed by atoms with van der Waals surface area (Å²) in [6.45, 7) is 10.1. The SMILES string of the molecule is COc1cc(N2CCC(CN3CCN(CC4CCN(c5ccc6c(c5)CN([C@H]5CCC(=O)NC5=O)C6=O)CC4)CC3)CC2)c(F)cc1[C@@H]1N(c2cccc(F)c2O)C(=O)C12CCC(OC)CC2. The Morgan fingerprint density at radius 2 is 1.40 bits per heavy atom. The molecule has 0 aromatic heterocycles. The van der Waals surface area contributed by atoms with Crippen molar-refractivity contribution in [3.8, 4) is 11.5 Å². The molecule has 1 spiro atoms. The summed E-state index contributed by atoms with van der Waals surface area (Å²) in [6, 6.07) is 12.2. The van der Waals surface area contributed by atoms with Crippen molar-refractivity contribution in [1.29, 1.82) is 0 Å². The fourth-order valence-corrected chi connectivity index (χ4v) is 12.4. The number of amides is 4. The molecule has 14 nitrogen and oxygen atoms in total. The second-order valence-electron chi connectivity index (χ2n) is 20.0. The zero-order chi connectivity index (χ0) is 46.6. The molecular formula is C51H63F2N7O7. The van der Waals surface area contributed by atoms with Crippen LogP contribution in [-0.2, 0) is 25.7 Å². The fourth-order valence-electron chi connectivity index (χ4n) is 12.4. The third kappa shape index (κ3) is 8.51. The van der Waals surface area contributed by atoms with Crippen molar-refractivity contribution >= 4 is 40.7 Å². The monoisotopic (exact) mass is 923 g/mol. The Hall–Kier alpha value is -5.32. The number of hydrogen-bond acceptors (Lipinski definition) is 11. The quantitative estimate of drug-likeness (QED) is 0.177. The van der Waals surface area contributed by atoms with Crippen LogP contribution in [0.1, 0.15) is 91.7 Å². The zero-order valence-electron chi connectivity index (χ0n) is 38.7. The normalized spacial score (nSPS) is 26.9. The number of rotatable bonds is 11. The van der Waals surface area contributed by atoms with Gasteiger partial charge >= 0.3 is 0 Å². The summed E-state index contributed by atoms with van der Waals surface area (Å²) in [4.78, 5) is 64.2. The standard InChI is InChI=1S/C51H63F2N7O7/c1-66-36-10-16-51(17-11-36)47(60(50(51)65)41-5-3-4-39(52)46(41)62)38-27-40(53)43(28-44(38)67-2)58-20-14-33(15-21-58)30-56-24-22-55(23-25-56)29-32-12-18-57(19-13-32)35-6-7-37-34(26-35)31-59(49(37)64)42-8-9-45(61)54-48(42)63/h3-7,26-28,32-33,36,42,47,62H,8-25,29-31H2,1-2H3,(H,54,61,63)/t36?,42-,47-,51?/m0/s1. The topological polar surface area (TPSA) is 138 Å². The molecule has 67 heavy (non-hydrogen) atoms. The van der Waals surface area contributed by atoms with Gasteiger partial charge in [0.25, 0.3) is 5.91 Å². The predicted molar refractivity (Wildman–Crippen MR) is 248 cm³/mol. The highest BCUT2D eigenvalue weighted by Crippen LogP contribution is 2.62. The lowest BCUT2D eigenvalue weighted by atomic mass is 9.59. The van der Waals surface area contributed by atoms with E-state index in [1.54, 1.807) is 25.2 Å². The van der Waals surface area contributed by atoms with Crippen LogP contribution in [0.15, 0.2) is 48.5 Å². The summed E-state index contributed by atoms with van der Waals surface area (Å²) in [5, 5.41) is 13.1. The van der Waals surface area contributed by atoms with E-state index < -0.39 is 29.1 Å². The maximum absolute atomic E-state index is 16.5. The lowest BCUT2D eigenvalue weighted by Crippen LogP contribution is -2.65. The van der Waals surface area contributed by atoms with Crippen LogP contribution in [0, 0.1) is 28.9 Å². The van der Waals surface area contributed by atoms with Crippen molar-refractivity contribution < 1.29 is 42.5 Å². The molecule has 3 aromatic rings. The van der Waals surface area contributed by atoms with Gasteiger partial charge in [-0.3, -0.25) is 29.4 Å². The van der Waals surface area contributed by atoms with Gasteiger partial charge in [-0.25, -0.2) is 8.78 Å². The second-order valence-corrected chi connectivity index (χ2v) is 20.0. The number of aromatic hydroxyl groups is 1. The molecule has 16 heteroatoms. The van der Waals surface area contributed by atoms with Crippen LogP contribution in [0.5, 0.6) is 11.5 Å². The Morgan fingerprint density at radius 3 is 2.03 bits per heavy atom. The van der Waals surface area contributed by atoms with Crippen molar-refractivity contribution in [2.24, 2.45) is 17.3 Å². The molecule has 6 fully saturated rings. The Bertz CT molecular complexity index is 2390. The molecule has 4 amide bonds. The van der Waals surface area contributed by atoms with Gasteiger partial charge < -0.3 is 39.1 Å². The molecule has 10 rings (SSSR count). The van der Waals surface area contributed by atoms with Gasteiger partial charge in [0, 0.05) is 108 Å². The van der Waals surface area contributed by atoms with Gasteiger partial charge in [0.2, 0.25) is 17.7 Å².